The second-order valence-corrected chi connectivity index (χ2v) is 8.87. The molecule has 3 nitrogen and oxygen atoms in total. The largest absolute Gasteiger partial charge is 0.214 e. The number of nitrogens with zero attached hydrogens (tertiary/aromatic N) is 1. The van der Waals surface area contributed by atoms with E-state index in [-0.39, 0.29) is 22.6 Å². The van der Waals surface area contributed by atoms with E-state index in [2.05, 4.69) is 20.8 Å². The summed E-state index contributed by atoms with van der Waals surface area (Å²) in [5, 5.41) is 0. The second kappa shape index (κ2) is 3.45. The highest BCUT2D eigenvalue weighted by Crippen LogP contribution is 2.53. The predicted molar refractivity (Wildman–Crippen MR) is 65.7 cm³/mol. The monoisotopic (exact) mass is 245 g/mol. The standard InChI is InChI=1S/C12H23NO2S/c1-5-16(14,15)13-9-12(4)7-10(13)6-11(2,3)8-12/h10H,5-9H2,1-4H3/t10-,12+/m1/s1. The highest BCUT2D eigenvalue weighted by atomic mass is 32.2. The molecule has 0 spiro atoms. The molecule has 2 rings (SSSR count). The fraction of sp³-hybridized carbons (Fsp3) is 1.00. The fourth-order valence-corrected chi connectivity index (χ4v) is 5.34. The van der Waals surface area contributed by atoms with Gasteiger partial charge in [-0.2, -0.15) is 4.31 Å². The molecule has 2 bridgehead atoms. The van der Waals surface area contributed by atoms with Gasteiger partial charge in [-0.1, -0.05) is 20.8 Å². The van der Waals surface area contributed by atoms with Crippen LogP contribution in [0.25, 0.3) is 0 Å². The Morgan fingerprint density at radius 1 is 1.25 bits per heavy atom. The summed E-state index contributed by atoms with van der Waals surface area (Å²) in [4.78, 5) is 0. The number of hydrogen-bond donors (Lipinski definition) is 0. The van der Waals surface area contributed by atoms with Gasteiger partial charge < -0.3 is 0 Å². The zero-order valence-corrected chi connectivity index (χ0v) is 11.6. The van der Waals surface area contributed by atoms with Crippen LogP contribution in [0.2, 0.25) is 0 Å². The van der Waals surface area contributed by atoms with Gasteiger partial charge in [0.2, 0.25) is 10.0 Å². The van der Waals surface area contributed by atoms with Crippen molar-refractivity contribution in [3.8, 4) is 0 Å². The zero-order valence-electron chi connectivity index (χ0n) is 10.8. The number of fused-ring (bicyclic) bond motifs is 2. The zero-order chi connectivity index (χ0) is 12.2. The van der Waals surface area contributed by atoms with E-state index in [1.807, 2.05) is 0 Å². The number of sulfonamides is 1. The summed E-state index contributed by atoms with van der Waals surface area (Å²) >= 11 is 0. The van der Waals surface area contributed by atoms with E-state index < -0.39 is 10.0 Å². The van der Waals surface area contributed by atoms with Crippen LogP contribution in [-0.4, -0.2) is 31.1 Å². The van der Waals surface area contributed by atoms with E-state index in [0.29, 0.717) is 0 Å². The van der Waals surface area contributed by atoms with E-state index in [0.717, 1.165) is 25.8 Å². The summed E-state index contributed by atoms with van der Waals surface area (Å²) in [7, 11) is -3.01. The van der Waals surface area contributed by atoms with Crippen LogP contribution in [0.5, 0.6) is 0 Å². The average molecular weight is 245 g/mol. The van der Waals surface area contributed by atoms with E-state index >= 15 is 0 Å². The van der Waals surface area contributed by atoms with E-state index in [1.165, 1.54) is 0 Å². The molecule has 16 heavy (non-hydrogen) atoms. The van der Waals surface area contributed by atoms with Crippen molar-refractivity contribution in [2.45, 2.75) is 53.0 Å². The fourth-order valence-electron chi connectivity index (χ4n) is 3.90. The smallest absolute Gasteiger partial charge is 0.212 e. The first-order valence-electron chi connectivity index (χ1n) is 6.17. The van der Waals surface area contributed by atoms with Crippen LogP contribution in [0.4, 0.5) is 0 Å². The van der Waals surface area contributed by atoms with Crippen LogP contribution >= 0.6 is 0 Å². The van der Waals surface area contributed by atoms with Crippen LogP contribution < -0.4 is 0 Å². The SMILES string of the molecule is CCS(=O)(=O)N1C[C@@]2(C)C[C@H]1CC(C)(C)C2. The van der Waals surface area contributed by atoms with Gasteiger partial charge in [-0.05, 0) is 37.0 Å². The first kappa shape index (κ1) is 12.4. The Labute approximate surface area is 99.3 Å². The van der Waals surface area contributed by atoms with Crippen LogP contribution in [0.3, 0.4) is 0 Å². The molecule has 1 heterocycles. The average Bonchev–Trinajstić information content (AvgIpc) is 2.35. The van der Waals surface area contributed by atoms with Gasteiger partial charge in [0.1, 0.15) is 0 Å². The molecule has 2 aliphatic rings. The van der Waals surface area contributed by atoms with Crippen LogP contribution in [0.1, 0.15) is 47.0 Å². The van der Waals surface area contributed by atoms with Crippen LogP contribution in [0, 0.1) is 10.8 Å². The van der Waals surface area contributed by atoms with Gasteiger partial charge in [0, 0.05) is 12.6 Å². The van der Waals surface area contributed by atoms with E-state index in [4.69, 9.17) is 0 Å². The Morgan fingerprint density at radius 2 is 1.88 bits per heavy atom. The molecule has 2 atom stereocenters. The summed E-state index contributed by atoms with van der Waals surface area (Å²) in [6.45, 7) is 9.24. The summed E-state index contributed by atoms with van der Waals surface area (Å²) in [6, 6.07) is 0.249. The second-order valence-electron chi connectivity index (χ2n) is 6.66. The maximum atomic E-state index is 12.0. The summed E-state index contributed by atoms with van der Waals surface area (Å²) in [6.07, 6.45) is 3.21. The molecule has 1 saturated carbocycles. The van der Waals surface area contributed by atoms with Gasteiger partial charge in [0.15, 0.2) is 0 Å². The Hall–Kier alpha value is -0.0900. The first-order chi connectivity index (χ1) is 7.18. The Morgan fingerprint density at radius 3 is 2.44 bits per heavy atom. The molecule has 0 amide bonds. The van der Waals surface area contributed by atoms with Gasteiger partial charge >= 0.3 is 0 Å². The Bertz CT molecular complexity index is 388. The lowest BCUT2D eigenvalue weighted by molar-refractivity contribution is 0.133. The number of rotatable bonds is 2. The topological polar surface area (TPSA) is 37.4 Å². The lowest BCUT2D eigenvalue weighted by Gasteiger charge is -2.39. The van der Waals surface area contributed by atoms with Gasteiger partial charge in [-0.15, -0.1) is 0 Å². The highest BCUT2D eigenvalue weighted by molar-refractivity contribution is 7.89. The third-order valence-electron chi connectivity index (χ3n) is 4.09. The van der Waals surface area contributed by atoms with Gasteiger partial charge in [-0.3, -0.25) is 0 Å². The molecule has 4 heteroatoms. The Balaban J connectivity index is 2.30. The molecule has 0 aromatic heterocycles. The van der Waals surface area contributed by atoms with Crippen molar-refractivity contribution in [3.63, 3.8) is 0 Å². The minimum Gasteiger partial charge on any atom is -0.212 e. The van der Waals surface area contributed by atoms with E-state index in [1.54, 1.807) is 11.2 Å². The van der Waals surface area contributed by atoms with Crippen molar-refractivity contribution >= 4 is 10.0 Å². The molecular weight excluding hydrogens is 222 g/mol. The quantitative estimate of drug-likeness (QED) is 0.748. The van der Waals surface area contributed by atoms with Crippen LogP contribution in [0.15, 0.2) is 0 Å². The highest BCUT2D eigenvalue weighted by Gasteiger charge is 2.52. The van der Waals surface area contributed by atoms with Crippen LogP contribution in [-0.2, 0) is 10.0 Å². The minimum absolute atomic E-state index is 0.203. The molecular formula is C12H23NO2S. The Kier molecular flexibility index (Phi) is 2.67. The molecule has 0 unspecified atom stereocenters. The first-order valence-corrected chi connectivity index (χ1v) is 7.78. The summed E-state index contributed by atoms with van der Waals surface area (Å²) in [5.74, 6) is 0.236. The minimum atomic E-state index is -3.01. The third-order valence-corrected chi connectivity index (χ3v) is 5.96. The van der Waals surface area contributed by atoms with Gasteiger partial charge in [-0.25, -0.2) is 8.42 Å². The lowest BCUT2D eigenvalue weighted by atomic mass is 9.65. The summed E-state index contributed by atoms with van der Waals surface area (Å²) < 4.78 is 25.8. The van der Waals surface area contributed by atoms with Crippen molar-refractivity contribution in [2.24, 2.45) is 10.8 Å². The molecule has 1 aliphatic carbocycles. The molecule has 0 aromatic rings. The molecule has 1 saturated heterocycles. The maximum Gasteiger partial charge on any atom is 0.214 e. The molecule has 2 fully saturated rings. The maximum absolute atomic E-state index is 12.0. The van der Waals surface area contributed by atoms with E-state index in [9.17, 15) is 8.42 Å². The lowest BCUT2D eigenvalue weighted by Crippen LogP contribution is -2.38. The number of hydrogen-bond acceptors (Lipinski definition) is 2. The molecule has 1 aliphatic heterocycles. The third kappa shape index (κ3) is 2.02. The van der Waals surface area contributed by atoms with Crippen molar-refractivity contribution in [2.75, 3.05) is 12.3 Å². The normalized spacial score (nSPS) is 38.9. The molecule has 0 radical (unpaired) electrons. The van der Waals surface area contributed by atoms with Gasteiger partial charge in [0.25, 0.3) is 0 Å². The van der Waals surface area contributed by atoms with Crippen molar-refractivity contribution < 1.29 is 8.42 Å². The van der Waals surface area contributed by atoms with Gasteiger partial charge in [0.05, 0.1) is 5.75 Å². The molecule has 0 N–H and O–H groups in total. The van der Waals surface area contributed by atoms with Crippen molar-refractivity contribution in [1.82, 2.24) is 4.31 Å². The predicted octanol–water partition coefficient (Wildman–Crippen LogP) is 2.24. The van der Waals surface area contributed by atoms with Crippen molar-refractivity contribution in [1.29, 1.82) is 0 Å². The molecule has 94 valence electrons. The van der Waals surface area contributed by atoms with Crippen molar-refractivity contribution in [3.05, 3.63) is 0 Å². The molecule has 0 aromatic carbocycles. The summed E-state index contributed by atoms with van der Waals surface area (Å²) in [5.41, 5.74) is 0.490.